The Hall–Kier alpha value is -1.87. The number of hydrogen-bond donors (Lipinski definition) is 2. The average molecular weight is 282 g/mol. The molecule has 1 saturated heterocycles. The molecular weight excluding hydrogens is 260 g/mol. The Morgan fingerprint density at radius 3 is 2.81 bits per heavy atom. The van der Waals surface area contributed by atoms with Gasteiger partial charge in [0.2, 0.25) is 5.91 Å². The van der Waals surface area contributed by atoms with Crippen LogP contribution in [0.2, 0.25) is 0 Å². The van der Waals surface area contributed by atoms with Crippen LogP contribution in [0, 0.1) is 5.41 Å². The smallest absolute Gasteiger partial charge is 0.231 e. The number of rotatable bonds is 4. The molecule has 1 amide bonds. The predicted octanol–water partition coefficient (Wildman–Crippen LogP) is 3.56. The van der Waals surface area contributed by atoms with E-state index in [1.54, 1.807) is 0 Å². The summed E-state index contributed by atoms with van der Waals surface area (Å²) in [6.07, 6.45) is 2.90. The van der Waals surface area contributed by atoms with Gasteiger partial charge < -0.3 is 10.6 Å². The molecule has 0 aliphatic carbocycles. The highest BCUT2D eigenvalue weighted by molar-refractivity contribution is 6.04. The number of fused-ring (bicyclic) bond motifs is 1. The van der Waals surface area contributed by atoms with Gasteiger partial charge >= 0.3 is 0 Å². The third-order valence-electron chi connectivity index (χ3n) is 4.49. The Morgan fingerprint density at radius 1 is 1.24 bits per heavy atom. The first-order chi connectivity index (χ1) is 10.2. The highest BCUT2D eigenvalue weighted by Crippen LogP contribution is 2.33. The van der Waals surface area contributed by atoms with Crippen LogP contribution in [-0.4, -0.2) is 19.0 Å². The summed E-state index contributed by atoms with van der Waals surface area (Å²) in [6, 6.07) is 14.2. The predicted molar refractivity (Wildman–Crippen MR) is 87.4 cm³/mol. The molecule has 1 unspecified atom stereocenters. The molecule has 1 fully saturated rings. The summed E-state index contributed by atoms with van der Waals surface area (Å²) >= 11 is 0. The lowest BCUT2D eigenvalue weighted by atomic mass is 9.81. The summed E-state index contributed by atoms with van der Waals surface area (Å²) in [5, 5.41) is 8.77. The summed E-state index contributed by atoms with van der Waals surface area (Å²) in [5.74, 6) is 0.158. The van der Waals surface area contributed by atoms with Crippen molar-refractivity contribution in [2.24, 2.45) is 5.41 Å². The third kappa shape index (κ3) is 2.66. The largest absolute Gasteiger partial charge is 0.325 e. The van der Waals surface area contributed by atoms with Gasteiger partial charge in [-0.2, -0.15) is 0 Å². The highest BCUT2D eigenvalue weighted by Gasteiger charge is 2.40. The lowest BCUT2D eigenvalue weighted by Gasteiger charge is -2.26. The molecule has 0 radical (unpaired) electrons. The van der Waals surface area contributed by atoms with Crippen molar-refractivity contribution in [1.29, 1.82) is 0 Å². The van der Waals surface area contributed by atoms with E-state index in [9.17, 15) is 4.79 Å². The fourth-order valence-electron chi connectivity index (χ4n) is 3.33. The Kier molecular flexibility index (Phi) is 3.93. The molecule has 0 saturated carbocycles. The van der Waals surface area contributed by atoms with Crippen molar-refractivity contribution in [1.82, 2.24) is 5.32 Å². The molecule has 3 rings (SSSR count). The zero-order valence-electron chi connectivity index (χ0n) is 12.5. The van der Waals surface area contributed by atoms with Crippen LogP contribution in [0.5, 0.6) is 0 Å². The van der Waals surface area contributed by atoms with E-state index in [1.807, 2.05) is 24.3 Å². The van der Waals surface area contributed by atoms with Gasteiger partial charge in [-0.1, -0.05) is 49.7 Å². The van der Waals surface area contributed by atoms with Crippen LogP contribution in [0.1, 0.15) is 26.2 Å². The van der Waals surface area contributed by atoms with E-state index in [1.165, 1.54) is 0 Å². The summed E-state index contributed by atoms with van der Waals surface area (Å²) in [4.78, 5) is 12.8. The first kappa shape index (κ1) is 14.1. The fraction of sp³-hybridized carbons (Fsp3) is 0.389. The molecule has 1 aliphatic rings. The fourth-order valence-corrected chi connectivity index (χ4v) is 3.33. The number of nitrogens with one attached hydrogen (secondary N) is 2. The minimum absolute atomic E-state index is 0.158. The van der Waals surface area contributed by atoms with Crippen molar-refractivity contribution in [2.45, 2.75) is 26.2 Å². The topological polar surface area (TPSA) is 41.1 Å². The van der Waals surface area contributed by atoms with Gasteiger partial charge in [0.25, 0.3) is 0 Å². The van der Waals surface area contributed by atoms with Gasteiger partial charge in [-0.3, -0.25) is 4.79 Å². The summed E-state index contributed by atoms with van der Waals surface area (Å²) in [6.45, 7) is 3.87. The monoisotopic (exact) mass is 282 g/mol. The molecule has 2 aromatic rings. The molecule has 110 valence electrons. The van der Waals surface area contributed by atoms with E-state index in [4.69, 9.17) is 0 Å². The van der Waals surface area contributed by atoms with E-state index < -0.39 is 0 Å². The molecule has 1 atom stereocenters. The van der Waals surface area contributed by atoms with Gasteiger partial charge in [0.05, 0.1) is 5.41 Å². The maximum Gasteiger partial charge on any atom is 0.231 e. The number of benzene rings is 2. The van der Waals surface area contributed by atoms with Crippen molar-refractivity contribution in [3.8, 4) is 0 Å². The number of amides is 1. The third-order valence-corrected chi connectivity index (χ3v) is 4.49. The zero-order chi connectivity index (χ0) is 14.7. The van der Waals surface area contributed by atoms with Gasteiger partial charge in [-0.15, -0.1) is 0 Å². The summed E-state index contributed by atoms with van der Waals surface area (Å²) in [7, 11) is 0. The molecule has 3 heteroatoms. The minimum atomic E-state index is -0.244. The second-order valence-electron chi connectivity index (χ2n) is 5.94. The normalized spacial score (nSPS) is 21.6. The molecule has 3 nitrogen and oxygen atoms in total. The Labute approximate surface area is 125 Å². The van der Waals surface area contributed by atoms with Crippen molar-refractivity contribution < 1.29 is 4.79 Å². The minimum Gasteiger partial charge on any atom is -0.325 e. The van der Waals surface area contributed by atoms with Crippen molar-refractivity contribution in [3.05, 3.63) is 42.5 Å². The van der Waals surface area contributed by atoms with E-state index in [-0.39, 0.29) is 11.3 Å². The second-order valence-corrected chi connectivity index (χ2v) is 5.94. The van der Waals surface area contributed by atoms with Gasteiger partial charge in [-0.25, -0.2) is 0 Å². The molecule has 1 aliphatic heterocycles. The first-order valence-electron chi connectivity index (χ1n) is 7.75. The van der Waals surface area contributed by atoms with Crippen molar-refractivity contribution in [3.63, 3.8) is 0 Å². The maximum atomic E-state index is 12.8. The Bertz CT molecular complexity index is 639. The number of hydrogen-bond acceptors (Lipinski definition) is 2. The molecule has 0 bridgehead atoms. The maximum absolute atomic E-state index is 12.8. The average Bonchev–Trinajstić information content (AvgIpc) is 2.98. The van der Waals surface area contributed by atoms with Crippen molar-refractivity contribution >= 4 is 22.4 Å². The van der Waals surface area contributed by atoms with E-state index in [0.717, 1.165) is 48.8 Å². The molecule has 0 aromatic heterocycles. The SMILES string of the molecule is CCCC1(C(=O)Nc2cccc3ccccc23)CCNC1. The van der Waals surface area contributed by atoms with Crippen molar-refractivity contribution in [2.75, 3.05) is 18.4 Å². The molecule has 2 aromatic carbocycles. The number of carbonyl (C=O) groups excluding carboxylic acids is 1. The van der Waals surface area contributed by atoms with Gasteiger partial charge in [0.15, 0.2) is 0 Å². The molecular formula is C18H22N2O. The number of carbonyl (C=O) groups is 1. The molecule has 2 N–H and O–H groups in total. The van der Waals surface area contributed by atoms with Crippen LogP contribution in [-0.2, 0) is 4.79 Å². The standard InChI is InChI=1S/C18H22N2O/c1-2-10-18(11-12-19-13-18)17(21)20-16-9-5-7-14-6-3-4-8-15(14)16/h3-9,19H,2,10-13H2,1H3,(H,20,21). The van der Waals surface area contributed by atoms with E-state index in [0.29, 0.717) is 0 Å². The van der Waals surface area contributed by atoms with Gasteiger partial charge in [0, 0.05) is 17.6 Å². The van der Waals surface area contributed by atoms with Crippen LogP contribution >= 0.6 is 0 Å². The van der Waals surface area contributed by atoms with Crippen LogP contribution in [0.15, 0.2) is 42.5 Å². The quantitative estimate of drug-likeness (QED) is 0.900. The van der Waals surface area contributed by atoms with Gasteiger partial charge in [0.1, 0.15) is 0 Å². The van der Waals surface area contributed by atoms with E-state index in [2.05, 4.69) is 35.8 Å². The highest BCUT2D eigenvalue weighted by atomic mass is 16.2. The lowest BCUT2D eigenvalue weighted by molar-refractivity contribution is -0.125. The number of anilines is 1. The molecule has 0 spiro atoms. The van der Waals surface area contributed by atoms with E-state index >= 15 is 0 Å². The zero-order valence-corrected chi connectivity index (χ0v) is 12.5. The van der Waals surface area contributed by atoms with Crippen LogP contribution in [0.4, 0.5) is 5.69 Å². The Morgan fingerprint density at radius 2 is 2.05 bits per heavy atom. The molecule has 1 heterocycles. The van der Waals surface area contributed by atoms with Crippen LogP contribution in [0.25, 0.3) is 10.8 Å². The Balaban J connectivity index is 1.89. The van der Waals surface area contributed by atoms with Crippen LogP contribution in [0.3, 0.4) is 0 Å². The summed E-state index contributed by atoms with van der Waals surface area (Å²) in [5.41, 5.74) is 0.673. The second kappa shape index (κ2) is 5.86. The first-order valence-corrected chi connectivity index (χ1v) is 7.75. The molecule has 21 heavy (non-hydrogen) atoms. The van der Waals surface area contributed by atoms with Gasteiger partial charge in [-0.05, 0) is 30.8 Å². The van der Waals surface area contributed by atoms with Crippen LogP contribution < -0.4 is 10.6 Å². The summed E-state index contributed by atoms with van der Waals surface area (Å²) < 4.78 is 0. The lowest BCUT2D eigenvalue weighted by Crippen LogP contribution is -2.38.